The maximum absolute atomic E-state index is 9.46. The molecule has 0 amide bonds. The number of hydrogen-bond donors (Lipinski definition) is 2. The second-order valence-electron chi connectivity index (χ2n) is 4.33. The van der Waals surface area contributed by atoms with Crippen molar-refractivity contribution < 1.29 is 10.2 Å². The number of benzene rings is 1. The summed E-state index contributed by atoms with van der Waals surface area (Å²) in [5.41, 5.74) is 0.542. The molecule has 0 saturated carbocycles. The molecule has 3 heteroatoms. The van der Waals surface area contributed by atoms with E-state index in [1.165, 1.54) is 0 Å². The van der Waals surface area contributed by atoms with Crippen LogP contribution in [-0.2, 0) is 6.42 Å². The third-order valence-corrected chi connectivity index (χ3v) is 3.34. The van der Waals surface area contributed by atoms with Gasteiger partial charge in [0.05, 0.1) is 13.2 Å². The first kappa shape index (κ1) is 13.5. The molecular weight excluding hydrogens is 224 g/mol. The molecule has 1 aromatic carbocycles. The highest BCUT2D eigenvalue weighted by Crippen LogP contribution is 2.30. The van der Waals surface area contributed by atoms with Gasteiger partial charge < -0.3 is 10.2 Å². The van der Waals surface area contributed by atoms with Crippen LogP contribution in [0.3, 0.4) is 0 Å². The van der Waals surface area contributed by atoms with Crippen molar-refractivity contribution in [3.8, 4) is 0 Å². The van der Waals surface area contributed by atoms with Gasteiger partial charge in [0.25, 0.3) is 0 Å². The van der Waals surface area contributed by atoms with E-state index in [9.17, 15) is 10.2 Å². The van der Waals surface area contributed by atoms with Crippen LogP contribution in [0.25, 0.3) is 0 Å². The molecule has 0 unspecified atom stereocenters. The predicted molar refractivity (Wildman–Crippen MR) is 66.7 cm³/mol. The molecule has 0 saturated heterocycles. The molecule has 16 heavy (non-hydrogen) atoms. The van der Waals surface area contributed by atoms with Gasteiger partial charge in [-0.3, -0.25) is 0 Å². The summed E-state index contributed by atoms with van der Waals surface area (Å²) in [5, 5.41) is 19.6. The van der Waals surface area contributed by atoms with Crippen molar-refractivity contribution in [3.05, 3.63) is 34.9 Å². The Labute approximate surface area is 102 Å². The van der Waals surface area contributed by atoms with Crippen LogP contribution in [0, 0.1) is 5.41 Å². The quantitative estimate of drug-likeness (QED) is 0.805. The minimum atomic E-state index is -0.445. The molecule has 0 aliphatic heterocycles. The second kappa shape index (κ2) is 6.24. The van der Waals surface area contributed by atoms with E-state index < -0.39 is 5.41 Å². The third kappa shape index (κ3) is 3.21. The lowest BCUT2D eigenvalue weighted by Gasteiger charge is -2.29. The lowest BCUT2D eigenvalue weighted by molar-refractivity contribution is 0.0466. The van der Waals surface area contributed by atoms with E-state index in [-0.39, 0.29) is 13.2 Å². The van der Waals surface area contributed by atoms with Crippen molar-refractivity contribution >= 4 is 11.6 Å². The lowest BCUT2D eigenvalue weighted by Crippen LogP contribution is -2.32. The first-order valence-corrected chi connectivity index (χ1v) is 6.00. The summed E-state index contributed by atoms with van der Waals surface area (Å²) in [6.07, 6.45) is 2.35. The van der Waals surface area contributed by atoms with E-state index >= 15 is 0 Å². The average molecular weight is 243 g/mol. The predicted octanol–water partition coefficient (Wildman–Crippen LogP) is 2.65. The molecule has 2 N–H and O–H groups in total. The van der Waals surface area contributed by atoms with Crippen molar-refractivity contribution in [3.63, 3.8) is 0 Å². The van der Waals surface area contributed by atoms with Gasteiger partial charge in [-0.2, -0.15) is 0 Å². The van der Waals surface area contributed by atoms with Crippen molar-refractivity contribution in [2.75, 3.05) is 13.2 Å². The summed E-state index contributed by atoms with van der Waals surface area (Å²) in [5.74, 6) is 0. The Kier molecular flexibility index (Phi) is 5.26. The van der Waals surface area contributed by atoms with Crippen molar-refractivity contribution in [1.29, 1.82) is 0 Å². The van der Waals surface area contributed by atoms with Crippen LogP contribution in [0.2, 0.25) is 5.02 Å². The van der Waals surface area contributed by atoms with Crippen LogP contribution in [0.1, 0.15) is 25.3 Å². The van der Waals surface area contributed by atoms with Crippen LogP contribution in [0.5, 0.6) is 0 Å². The summed E-state index contributed by atoms with van der Waals surface area (Å²) < 4.78 is 0. The molecule has 0 radical (unpaired) electrons. The Morgan fingerprint density at radius 1 is 1.19 bits per heavy atom. The zero-order valence-electron chi connectivity index (χ0n) is 9.62. The van der Waals surface area contributed by atoms with Crippen LogP contribution in [0.15, 0.2) is 24.3 Å². The number of aliphatic hydroxyl groups is 2. The fourth-order valence-electron chi connectivity index (χ4n) is 1.98. The summed E-state index contributed by atoms with van der Waals surface area (Å²) >= 11 is 6.08. The van der Waals surface area contributed by atoms with Crippen LogP contribution < -0.4 is 0 Å². The highest BCUT2D eigenvalue weighted by atomic mass is 35.5. The molecule has 1 aromatic rings. The fraction of sp³-hybridized carbons (Fsp3) is 0.538. The molecule has 1 rings (SSSR count). The Balaban J connectivity index is 2.87. The Bertz CT molecular complexity index is 321. The van der Waals surface area contributed by atoms with Gasteiger partial charge in [0.1, 0.15) is 0 Å². The van der Waals surface area contributed by atoms with E-state index in [0.29, 0.717) is 11.4 Å². The average Bonchev–Trinajstić information content (AvgIpc) is 2.31. The van der Waals surface area contributed by atoms with E-state index in [0.717, 1.165) is 18.4 Å². The zero-order chi connectivity index (χ0) is 12.0. The third-order valence-electron chi connectivity index (χ3n) is 2.97. The molecule has 2 nitrogen and oxygen atoms in total. The summed E-state index contributed by atoms with van der Waals surface area (Å²) in [7, 11) is 0. The first-order valence-electron chi connectivity index (χ1n) is 5.62. The highest BCUT2D eigenvalue weighted by Gasteiger charge is 2.28. The van der Waals surface area contributed by atoms with Gasteiger partial charge in [0, 0.05) is 10.4 Å². The topological polar surface area (TPSA) is 40.5 Å². The lowest BCUT2D eigenvalue weighted by atomic mass is 9.79. The van der Waals surface area contributed by atoms with Gasteiger partial charge in [-0.05, 0) is 24.5 Å². The van der Waals surface area contributed by atoms with Crippen LogP contribution in [-0.4, -0.2) is 23.4 Å². The van der Waals surface area contributed by atoms with Crippen molar-refractivity contribution in [2.45, 2.75) is 26.2 Å². The Hall–Kier alpha value is -0.570. The highest BCUT2D eigenvalue weighted by molar-refractivity contribution is 6.31. The molecule has 0 heterocycles. The molecule has 0 spiro atoms. The maximum atomic E-state index is 9.46. The van der Waals surface area contributed by atoms with Gasteiger partial charge in [-0.25, -0.2) is 0 Å². The Morgan fingerprint density at radius 3 is 2.31 bits per heavy atom. The summed E-state index contributed by atoms with van der Waals surface area (Å²) in [4.78, 5) is 0. The standard InChI is InChI=1S/C13H19ClO2/c1-2-7-13(9-15,10-16)8-11-5-3-4-6-12(11)14/h3-6,15-16H,2,7-10H2,1H3. The van der Waals surface area contributed by atoms with Gasteiger partial charge in [-0.1, -0.05) is 43.1 Å². The Morgan fingerprint density at radius 2 is 1.81 bits per heavy atom. The van der Waals surface area contributed by atoms with Gasteiger partial charge in [0.2, 0.25) is 0 Å². The van der Waals surface area contributed by atoms with Gasteiger partial charge in [-0.15, -0.1) is 0 Å². The first-order chi connectivity index (χ1) is 7.67. The smallest absolute Gasteiger partial charge is 0.0512 e. The minimum Gasteiger partial charge on any atom is -0.396 e. The summed E-state index contributed by atoms with van der Waals surface area (Å²) in [6, 6.07) is 7.58. The SMILES string of the molecule is CCCC(CO)(CO)Cc1ccccc1Cl. The molecule has 0 bridgehead atoms. The van der Waals surface area contributed by atoms with Crippen molar-refractivity contribution in [2.24, 2.45) is 5.41 Å². The molecular formula is C13H19ClO2. The molecule has 0 aliphatic carbocycles. The number of aliphatic hydroxyl groups excluding tert-OH is 2. The monoisotopic (exact) mass is 242 g/mol. The van der Waals surface area contributed by atoms with E-state index in [4.69, 9.17) is 11.6 Å². The van der Waals surface area contributed by atoms with Gasteiger partial charge >= 0.3 is 0 Å². The van der Waals surface area contributed by atoms with E-state index in [1.54, 1.807) is 0 Å². The number of halogens is 1. The minimum absolute atomic E-state index is 0.0113. The maximum Gasteiger partial charge on any atom is 0.0512 e. The van der Waals surface area contributed by atoms with Crippen LogP contribution >= 0.6 is 11.6 Å². The molecule has 0 aromatic heterocycles. The normalized spacial score (nSPS) is 11.8. The second-order valence-corrected chi connectivity index (χ2v) is 4.74. The van der Waals surface area contributed by atoms with Crippen LogP contribution in [0.4, 0.5) is 0 Å². The molecule has 90 valence electrons. The molecule has 0 fully saturated rings. The fourth-order valence-corrected chi connectivity index (χ4v) is 2.19. The molecule has 0 aliphatic rings. The number of rotatable bonds is 6. The van der Waals surface area contributed by atoms with E-state index in [2.05, 4.69) is 0 Å². The summed E-state index contributed by atoms with van der Waals surface area (Å²) in [6.45, 7) is 2.03. The van der Waals surface area contributed by atoms with E-state index in [1.807, 2.05) is 31.2 Å². The number of hydrogen-bond acceptors (Lipinski definition) is 2. The van der Waals surface area contributed by atoms with Crippen molar-refractivity contribution in [1.82, 2.24) is 0 Å². The van der Waals surface area contributed by atoms with Gasteiger partial charge in [0.15, 0.2) is 0 Å². The molecule has 0 atom stereocenters. The largest absolute Gasteiger partial charge is 0.396 e. The zero-order valence-corrected chi connectivity index (χ0v) is 10.4.